The molecule has 1 unspecified atom stereocenters. The van der Waals surface area contributed by atoms with Gasteiger partial charge in [-0.15, -0.1) is 11.3 Å². The number of aliphatic hydroxyl groups excluding tert-OH is 1. The second kappa shape index (κ2) is 8.22. The molecule has 0 radical (unpaired) electrons. The molecule has 6 heteroatoms. The molecule has 2 aromatic carbocycles. The number of aryl methyl sites for hydroxylation is 1. The standard InChI is InChI=1S/C24H25N3O2S/c1-26-22-10-12-30-24(22)23(25-26)18-7-4-8-21(13-18)29-16-20(28)15-27-11-9-17-5-2-3-6-19(17)14-27/h2-8,10,12-13,20,28H,9,11,14-16H2,1H3. The molecule has 154 valence electrons. The molecule has 5 nitrogen and oxygen atoms in total. The molecule has 4 aromatic rings. The van der Waals surface area contributed by atoms with Crippen LogP contribution in [0.4, 0.5) is 0 Å². The number of rotatable bonds is 6. The summed E-state index contributed by atoms with van der Waals surface area (Å²) < 4.78 is 9.03. The molecule has 0 fully saturated rings. The van der Waals surface area contributed by atoms with Gasteiger partial charge in [-0.1, -0.05) is 36.4 Å². The quantitative estimate of drug-likeness (QED) is 0.511. The zero-order valence-electron chi connectivity index (χ0n) is 17.0. The lowest BCUT2D eigenvalue weighted by atomic mass is 10.00. The van der Waals surface area contributed by atoms with Crippen LogP contribution in [0.2, 0.25) is 0 Å². The van der Waals surface area contributed by atoms with Gasteiger partial charge in [-0.05, 0) is 41.1 Å². The minimum Gasteiger partial charge on any atom is -0.491 e. The fourth-order valence-corrected chi connectivity index (χ4v) is 5.08. The van der Waals surface area contributed by atoms with E-state index in [-0.39, 0.29) is 6.61 Å². The Labute approximate surface area is 180 Å². The van der Waals surface area contributed by atoms with Gasteiger partial charge in [0.2, 0.25) is 0 Å². The molecule has 1 aliphatic heterocycles. The molecule has 1 atom stereocenters. The maximum absolute atomic E-state index is 10.5. The van der Waals surface area contributed by atoms with E-state index in [9.17, 15) is 5.11 Å². The Hall–Kier alpha value is -2.67. The Morgan fingerprint density at radius 2 is 2.00 bits per heavy atom. The van der Waals surface area contributed by atoms with Crippen molar-refractivity contribution in [1.82, 2.24) is 14.7 Å². The molecule has 30 heavy (non-hydrogen) atoms. The highest BCUT2D eigenvalue weighted by Gasteiger charge is 2.19. The van der Waals surface area contributed by atoms with Gasteiger partial charge in [0, 0.05) is 32.2 Å². The smallest absolute Gasteiger partial charge is 0.120 e. The van der Waals surface area contributed by atoms with Gasteiger partial charge in [0.15, 0.2) is 0 Å². The van der Waals surface area contributed by atoms with Crippen molar-refractivity contribution in [2.24, 2.45) is 7.05 Å². The fourth-order valence-electron chi connectivity index (χ4n) is 4.16. The molecule has 1 N–H and O–H groups in total. The number of hydrogen-bond donors (Lipinski definition) is 1. The summed E-state index contributed by atoms with van der Waals surface area (Å²) >= 11 is 1.70. The molecule has 0 bridgehead atoms. The summed E-state index contributed by atoms with van der Waals surface area (Å²) in [5, 5.41) is 17.3. The third-order valence-electron chi connectivity index (χ3n) is 5.69. The third kappa shape index (κ3) is 3.86. The number of aliphatic hydroxyl groups is 1. The molecule has 1 aliphatic rings. The number of aromatic nitrogens is 2. The largest absolute Gasteiger partial charge is 0.491 e. The lowest BCUT2D eigenvalue weighted by Crippen LogP contribution is -2.38. The van der Waals surface area contributed by atoms with Crippen molar-refractivity contribution in [3.63, 3.8) is 0 Å². The van der Waals surface area contributed by atoms with Gasteiger partial charge in [-0.2, -0.15) is 5.10 Å². The molecular formula is C24H25N3O2S. The molecule has 2 aromatic heterocycles. The number of fused-ring (bicyclic) bond motifs is 2. The zero-order chi connectivity index (χ0) is 20.5. The van der Waals surface area contributed by atoms with E-state index in [0.29, 0.717) is 6.54 Å². The SMILES string of the molecule is Cn1nc(-c2cccc(OCC(O)CN3CCc4ccccc4C3)c2)c2sccc21. The summed E-state index contributed by atoms with van der Waals surface area (Å²) in [6.07, 6.45) is 0.505. The first-order chi connectivity index (χ1) is 14.7. The minimum absolute atomic E-state index is 0.276. The van der Waals surface area contributed by atoms with Crippen molar-refractivity contribution in [2.45, 2.75) is 19.1 Å². The number of thiophene rings is 1. The van der Waals surface area contributed by atoms with E-state index < -0.39 is 6.10 Å². The highest BCUT2D eigenvalue weighted by atomic mass is 32.1. The Kier molecular flexibility index (Phi) is 5.29. The van der Waals surface area contributed by atoms with E-state index in [2.05, 4.69) is 51.8 Å². The second-order valence-electron chi connectivity index (χ2n) is 7.85. The van der Waals surface area contributed by atoms with Gasteiger partial charge in [-0.3, -0.25) is 9.58 Å². The van der Waals surface area contributed by atoms with Crippen LogP contribution in [0.25, 0.3) is 21.5 Å². The first kappa shape index (κ1) is 19.3. The number of ether oxygens (including phenoxy) is 1. The Morgan fingerprint density at radius 3 is 2.90 bits per heavy atom. The number of β-amino-alcohol motifs (C(OH)–C–C–N with tert-alkyl or cyclic N) is 1. The Morgan fingerprint density at radius 1 is 1.13 bits per heavy atom. The maximum Gasteiger partial charge on any atom is 0.120 e. The van der Waals surface area contributed by atoms with Crippen molar-refractivity contribution >= 4 is 21.6 Å². The van der Waals surface area contributed by atoms with Crippen LogP contribution in [0.5, 0.6) is 5.75 Å². The van der Waals surface area contributed by atoms with Gasteiger partial charge >= 0.3 is 0 Å². The van der Waals surface area contributed by atoms with E-state index in [0.717, 1.165) is 42.0 Å². The molecule has 3 heterocycles. The van der Waals surface area contributed by atoms with Crippen molar-refractivity contribution in [3.05, 3.63) is 71.1 Å². The summed E-state index contributed by atoms with van der Waals surface area (Å²) in [5.41, 5.74) is 5.92. The molecule has 0 saturated heterocycles. The summed E-state index contributed by atoms with van der Waals surface area (Å²) in [7, 11) is 1.97. The summed E-state index contributed by atoms with van der Waals surface area (Å²) in [5.74, 6) is 0.755. The Balaban J connectivity index is 1.22. The van der Waals surface area contributed by atoms with Gasteiger partial charge < -0.3 is 9.84 Å². The lowest BCUT2D eigenvalue weighted by Gasteiger charge is -2.30. The van der Waals surface area contributed by atoms with E-state index in [1.165, 1.54) is 15.8 Å². The van der Waals surface area contributed by atoms with E-state index in [4.69, 9.17) is 4.74 Å². The van der Waals surface area contributed by atoms with Crippen LogP contribution >= 0.6 is 11.3 Å². The van der Waals surface area contributed by atoms with Crippen LogP contribution < -0.4 is 4.74 Å². The third-order valence-corrected chi connectivity index (χ3v) is 6.60. The lowest BCUT2D eigenvalue weighted by molar-refractivity contribution is 0.0638. The maximum atomic E-state index is 10.5. The molecule has 0 spiro atoms. The fraction of sp³-hybridized carbons (Fsp3) is 0.292. The average Bonchev–Trinajstić information content (AvgIpc) is 3.37. The van der Waals surface area contributed by atoms with Gasteiger partial charge in [0.25, 0.3) is 0 Å². The first-order valence-corrected chi connectivity index (χ1v) is 11.2. The monoisotopic (exact) mass is 419 g/mol. The number of benzene rings is 2. The number of hydrogen-bond acceptors (Lipinski definition) is 5. The normalized spacial score (nSPS) is 15.3. The van der Waals surface area contributed by atoms with Crippen molar-refractivity contribution in [1.29, 1.82) is 0 Å². The van der Waals surface area contributed by atoms with Crippen LogP contribution in [0.3, 0.4) is 0 Å². The molecule has 0 aliphatic carbocycles. The summed E-state index contributed by atoms with van der Waals surface area (Å²) in [6.45, 7) is 2.75. The van der Waals surface area contributed by atoms with Gasteiger partial charge in [-0.25, -0.2) is 0 Å². The van der Waals surface area contributed by atoms with Gasteiger partial charge in [0.1, 0.15) is 24.2 Å². The van der Waals surface area contributed by atoms with Gasteiger partial charge in [0.05, 0.1) is 10.2 Å². The summed E-state index contributed by atoms with van der Waals surface area (Å²) in [4.78, 5) is 2.30. The predicted molar refractivity (Wildman–Crippen MR) is 121 cm³/mol. The van der Waals surface area contributed by atoms with Crippen molar-refractivity contribution < 1.29 is 9.84 Å². The van der Waals surface area contributed by atoms with Crippen LogP contribution in [0.15, 0.2) is 60.0 Å². The average molecular weight is 420 g/mol. The Bertz CT molecular complexity index is 1170. The van der Waals surface area contributed by atoms with E-state index in [1.807, 2.05) is 29.9 Å². The van der Waals surface area contributed by atoms with Crippen LogP contribution in [-0.4, -0.2) is 45.6 Å². The second-order valence-corrected chi connectivity index (χ2v) is 8.77. The first-order valence-electron chi connectivity index (χ1n) is 10.3. The van der Waals surface area contributed by atoms with Crippen LogP contribution in [-0.2, 0) is 20.0 Å². The predicted octanol–water partition coefficient (Wildman–Crippen LogP) is 4.10. The van der Waals surface area contributed by atoms with E-state index >= 15 is 0 Å². The topological polar surface area (TPSA) is 50.5 Å². The van der Waals surface area contributed by atoms with Crippen molar-refractivity contribution in [3.8, 4) is 17.0 Å². The highest BCUT2D eigenvalue weighted by molar-refractivity contribution is 7.17. The number of nitrogens with zero attached hydrogens (tertiary/aromatic N) is 3. The van der Waals surface area contributed by atoms with E-state index in [1.54, 1.807) is 11.3 Å². The highest BCUT2D eigenvalue weighted by Crippen LogP contribution is 2.33. The van der Waals surface area contributed by atoms with Crippen LogP contribution in [0.1, 0.15) is 11.1 Å². The summed E-state index contributed by atoms with van der Waals surface area (Å²) in [6, 6.07) is 18.6. The van der Waals surface area contributed by atoms with Crippen molar-refractivity contribution in [2.75, 3.05) is 19.7 Å². The zero-order valence-corrected chi connectivity index (χ0v) is 17.8. The molecular weight excluding hydrogens is 394 g/mol. The molecule has 5 rings (SSSR count). The van der Waals surface area contributed by atoms with Crippen LogP contribution in [0, 0.1) is 0 Å². The molecule has 0 saturated carbocycles. The minimum atomic E-state index is -0.530. The molecule has 0 amide bonds.